The summed E-state index contributed by atoms with van der Waals surface area (Å²) >= 11 is 0. The molecule has 2 N–H and O–H groups in total. The van der Waals surface area contributed by atoms with E-state index in [1.54, 1.807) is 7.11 Å². The van der Waals surface area contributed by atoms with Crippen molar-refractivity contribution in [3.63, 3.8) is 0 Å². The molecule has 1 unspecified atom stereocenters. The lowest BCUT2D eigenvalue weighted by Gasteiger charge is -2.27. The van der Waals surface area contributed by atoms with Crippen LogP contribution < -0.4 is 15.4 Å². The third-order valence-corrected chi connectivity index (χ3v) is 4.32. The molecule has 0 aliphatic carbocycles. The summed E-state index contributed by atoms with van der Waals surface area (Å²) in [7, 11) is 1.65. The third-order valence-electron chi connectivity index (χ3n) is 4.32. The third kappa shape index (κ3) is 5.85. The SMILES string of the molecule is COc1cccc(CNC(=O)CC(C)C2CCNCC2)c1.Cl. The molecule has 2 rings (SSSR count). The highest BCUT2D eigenvalue weighted by Gasteiger charge is 2.21. The van der Waals surface area contributed by atoms with E-state index in [2.05, 4.69) is 17.6 Å². The van der Waals surface area contributed by atoms with Gasteiger partial charge in [0.1, 0.15) is 5.75 Å². The van der Waals surface area contributed by atoms with Crippen LogP contribution in [0.25, 0.3) is 0 Å². The Morgan fingerprint density at radius 1 is 1.41 bits per heavy atom. The lowest BCUT2D eigenvalue weighted by molar-refractivity contribution is -0.122. The van der Waals surface area contributed by atoms with Gasteiger partial charge in [-0.2, -0.15) is 0 Å². The van der Waals surface area contributed by atoms with Gasteiger partial charge < -0.3 is 15.4 Å². The summed E-state index contributed by atoms with van der Waals surface area (Å²) < 4.78 is 5.19. The molecule has 0 aromatic heterocycles. The van der Waals surface area contributed by atoms with Gasteiger partial charge in [0.15, 0.2) is 0 Å². The first-order valence-electron chi connectivity index (χ1n) is 7.79. The number of hydrogen-bond acceptors (Lipinski definition) is 3. The molecule has 0 spiro atoms. The zero-order valence-corrected chi connectivity index (χ0v) is 14.2. The van der Waals surface area contributed by atoms with Crippen molar-refractivity contribution in [2.45, 2.75) is 32.7 Å². The second kappa shape index (κ2) is 9.70. The topological polar surface area (TPSA) is 50.4 Å². The van der Waals surface area contributed by atoms with Crippen LogP contribution in [-0.2, 0) is 11.3 Å². The van der Waals surface area contributed by atoms with Gasteiger partial charge in [-0.05, 0) is 55.5 Å². The highest BCUT2D eigenvalue weighted by molar-refractivity contribution is 5.85. The Kier molecular flexibility index (Phi) is 8.28. The standard InChI is InChI=1S/C17H26N2O2.ClH/c1-13(15-6-8-18-9-7-15)10-17(20)19-12-14-4-3-5-16(11-14)21-2;/h3-5,11,13,15,18H,6-10,12H2,1-2H3,(H,19,20);1H. The molecule has 1 atom stereocenters. The van der Waals surface area contributed by atoms with Crippen molar-refractivity contribution in [3.05, 3.63) is 29.8 Å². The average molecular weight is 327 g/mol. The van der Waals surface area contributed by atoms with Gasteiger partial charge in [0, 0.05) is 13.0 Å². The summed E-state index contributed by atoms with van der Waals surface area (Å²) in [5.41, 5.74) is 1.07. The molecule has 1 aromatic rings. The Bertz CT molecular complexity index is 462. The summed E-state index contributed by atoms with van der Waals surface area (Å²) in [6, 6.07) is 7.80. The first kappa shape index (κ1) is 18.8. The number of piperidine rings is 1. The minimum Gasteiger partial charge on any atom is -0.497 e. The molecular weight excluding hydrogens is 300 g/mol. The van der Waals surface area contributed by atoms with Crippen molar-refractivity contribution in [1.82, 2.24) is 10.6 Å². The van der Waals surface area contributed by atoms with Crippen LogP contribution >= 0.6 is 12.4 Å². The number of methoxy groups -OCH3 is 1. The maximum Gasteiger partial charge on any atom is 0.220 e. The van der Waals surface area contributed by atoms with Crippen LogP contribution in [0.5, 0.6) is 5.75 Å². The van der Waals surface area contributed by atoms with Gasteiger partial charge in [0.05, 0.1) is 7.11 Å². The molecule has 1 aliphatic rings. The Labute approximate surface area is 139 Å². The number of carbonyl (C=O) groups excluding carboxylic acids is 1. The van der Waals surface area contributed by atoms with Gasteiger partial charge in [-0.15, -0.1) is 12.4 Å². The smallest absolute Gasteiger partial charge is 0.220 e. The van der Waals surface area contributed by atoms with Crippen LogP contribution in [0.15, 0.2) is 24.3 Å². The maximum absolute atomic E-state index is 12.1. The van der Waals surface area contributed by atoms with E-state index in [9.17, 15) is 4.79 Å². The first-order valence-corrected chi connectivity index (χ1v) is 7.79. The fourth-order valence-electron chi connectivity index (χ4n) is 2.93. The molecule has 1 heterocycles. The van der Waals surface area contributed by atoms with Crippen LogP contribution in [0.4, 0.5) is 0 Å². The zero-order valence-electron chi connectivity index (χ0n) is 13.4. The number of nitrogens with one attached hydrogen (secondary N) is 2. The number of carbonyl (C=O) groups is 1. The van der Waals surface area contributed by atoms with Crippen molar-refractivity contribution >= 4 is 18.3 Å². The largest absolute Gasteiger partial charge is 0.497 e. The molecule has 22 heavy (non-hydrogen) atoms. The van der Waals surface area contributed by atoms with Gasteiger partial charge in [-0.3, -0.25) is 4.79 Å². The van der Waals surface area contributed by atoms with E-state index in [1.165, 1.54) is 12.8 Å². The monoisotopic (exact) mass is 326 g/mol. The van der Waals surface area contributed by atoms with Gasteiger partial charge in [0.2, 0.25) is 5.91 Å². The van der Waals surface area contributed by atoms with Gasteiger partial charge in [0.25, 0.3) is 0 Å². The Balaban J connectivity index is 0.00000242. The van der Waals surface area contributed by atoms with Crippen LogP contribution in [0, 0.1) is 11.8 Å². The molecule has 5 heteroatoms. The summed E-state index contributed by atoms with van der Waals surface area (Å²) in [6.45, 7) is 4.93. The minimum absolute atomic E-state index is 0. The Hall–Kier alpha value is -1.26. The number of hydrogen-bond donors (Lipinski definition) is 2. The van der Waals surface area contributed by atoms with E-state index < -0.39 is 0 Å². The predicted octanol–water partition coefficient (Wildman–Crippen LogP) is 2.76. The molecule has 1 aromatic carbocycles. The summed E-state index contributed by atoms with van der Waals surface area (Å²) in [5.74, 6) is 2.10. The van der Waals surface area contributed by atoms with Crippen molar-refractivity contribution in [1.29, 1.82) is 0 Å². The average Bonchev–Trinajstić information content (AvgIpc) is 2.54. The minimum atomic E-state index is 0. The Morgan fingerprint density at radius 2 is 2.14 bits per heavy atom. The van der Waals surface area contributed by atoms with Crippen molar-refractivity contribution in [3.8, 4) is 5.75 Å². The van der Waals surface area contributed by atoms with Crippen molar-refractivity contribution in [2.24, 2.45) is 11.8 Å². The van der Waals surface area contributed by atoms with Crippen LogP contribution in [0.1, 0.15) is 31.7 Å². The molecule has 124 valence electrons. The van der Waals surface area contributed by atoms with Crippen LogP contribution in [-0.4, -0.2) is 26.1 Å². The molecule has 4 nitrogen and oxygen atoms in total. The van der Waals surface area contributed by atoms with Gasteiger partial charge in [-0.25, -0.2) is 0 Å². The van der Waals surface area contributed by atoms with E-state index in [0.29, 0.717) is 24.8 Å². The van der Waals surface area contributed by atoms with E-state index in [1.807, 2.05) is 24.3 Å². The molecular formula is C17H27ClN2O2. The molecule has 1 amide bonds. The quantitative estimate of drug-likeness (QED) is 0.845. The second-order valence-corrected chi connectivity index (χ2v) is 5.90. The lowest BCUT2D eigenvalue weighted by atomic mass is 9.84. The zero-order chi connectivity index (χ0) is 15.1. The van der Waals surface area contributed by atoms with Crippen LogP contribution in [0.3, 0.4) is 0 Å². The van der Waals surface area contributed by atoms with Gasteiger partial charge in [-0.1, -0.05) is 19.1 Å². The van der Waals surface area contributed by atoms with Crippen LogP contribution in [0.2, 0.25) is 0 Å². The fraction of sp³-hybridized carbons (Fsp3) is 0.588. The number of ether oxygens (including phenoxy) is 1. The highest BCUT2D eigenvalue weighted by atomic mass is 35.5. The second-order valence-electron chi connectivity index (χ2n) is 5.90. The number of amides is 1. The summed E-state index contributed by atoms with van der Waals surface area (Å²) in [6.07, 6.45) is 2.99. The predicted molar refractivity (Wildman–Crippen MR) is 91.5 cm³/mol. The fourth-order valence-corrected chi connectivity index (χ4v) is 2.93. The summed E-state index contributed by atoms with van der Waals surface area (Å²) in [4.78, 5) is 12.1. The van der Waals surface area contributed by atoms with E-state index in [-0.39, 0.29) is 18.3 Å². The first-order chi connectivity index (χ1) is 10.2. The number of benzene rings is 1. The Morgan fingerprint density at radius 3 is 2.82 bits per heavy atom. The molecule has 0 saturated carbocycles. The van der Waals surface area contributed by atoms with E-state index >= 15 is 0 Å². The molecule has 0 bridgehead atoms. The number of rotatable bonds is 6. The molecule has 0 radical (unpaired) electrons. The van der Waals surface area contributed by atoms with Gasteiger partial charge >= 0.3 is 0 Å². The van der Waals surface area contributed by atoms with E-state index in [4.69, 9.17) is 4.74 Å². The summed E-state index contributed by atoms with van der Waals surface area (Å²) in [5, 5.41) is 6.38. The molecule has 1 fully saturated rings. The molecule has 1 saturated heterocycles. The van der Waals surface area contributed by atoms with E-state index in [0.717, 1.165) is 24.4 Å². The number of halogens is 1. The van der Waals surface area contributed by atoms with Crippen molar-refractivity contribution < 1.29 is 9.53 Å². The highest BCUT2D eigenvalue weighted by Crippen LogP contribution is 2.24. The maximum atomic E-state index is 12.1. The molecule has 1 aliphatic heterocycles. The van der Waals surface area contributed by atoms with Crippen molar-refractivity contribution in [2.75, 3.05) is 20.2 Å². The normalized spacial score (nSPS) is 16.5. The lowest BCUT2D eigenvalue weighted by Crippen LogP contribution is -2.33.